The van der Waals surface area contributed by atoms with Crippen molar-refractivity contribution in [2.24, 2.45) is 0 Å². The molecule has 1 saturated heterocycles. The molecule has 0 unspecified atom stereocenters. The summed E-state index contributed by atoms with van der Waals surface area (Å²) in [5.41, 5.74) is 5.46. The third-order valence-corrected chi connectivity index (χ3v) is 6.48. The second-order valence-corrected chi connectivity index (χ2v) is 10.6. The second kappa shape index (κ2) is 10.1. The Morgan fingerprint density at radius 3 is 2.36 bits per heavy atom. The SMILES string of the molecule is Cc1cc(Nc2cc(N3CCC(NC(C)(C)C)CC3)c3ccccc3n2)ccc1Nc1ncccn1. The first-order valence-corrected chi connectivity index (χ1v) is 12.7. The predicted octanol–water partition coefficient (Wildman–Crippen LogP) is 6.18. The van der Waals surface area contributed by atoms with E-state index in [-0.39, 0.29) is 5.54 Å². The molecule has 186 valence electrons. The van der Waals surface area contributed by atoms with Gasteiger partial charge in [0.25, 0.3) is 0 Å². The van der Waals surface area contributed by atoms with Crippen molar-refractivity contribution in [2.45, 2.75) is 52.1 Å². The summed E-state index contributed by atoms with van der Waals surface area (Å²) in [6.45, 7) is 10.9. The minimum Gasteiger partial charge on any atom is -0.371 e. The molecule has 1 aliphatic rings. The molecule has 3 heterocycles. The highest BCUT2D eigenvalue weighted by Gasteiger charge is 2.24. The van der Waals surface area contributed by atoms with Crippen molar-refractivity contribution in [3.63, 3.8) is 0 Å². The van der Waals surface area contributed by atoms with Crippen LogP contribution in [0.1, 0.15) is 39.2 Å². The van der Waals surface area contributed by atoms with Crippen LogP contribution < -0.4 is 20.9 Å². The van der Waals surface area contributed by atoms with E-state index < -0.39 is 0 Å². The van der Waals surface area contributed by atoms with Crippen molar-refractivity contribution < 1.29 is 0 Å². The highest BCUT2D eigenvalue weighted by atomic mass is 15.2. The fourth-order valence-electron chi connectivity index (χ4n) is 4.87. The Kier molecular flexibility index (Phi) is 6.74. The predicted molar refractivity (Wildman–Crippen MR) is 150 cm³/mol. The maximum atomic E-state index is 4.92. The normalized spacial score (nSPS) is 14.7. The van der Waals surface area contributed by atoms with Crippen LogP contribution in [-0.4, -0.2) is 39.6 Å². The summed E-state index contributed by atoms with van der Waals surface area (Å²) in [5.74, 6) is 1.44. The van der Waals surface area contributed by atoms with Gasteiger partial charge in [0.05, 0.1) is 5.52 Å². The lowest BCUT2D eigenvalue weighted by Gasteiger charge is -2.37. The average Bonchev–Trinajstić information content (AvgIpc) is 2.85. The standard InChI is InChI=1S/C29H35N7/c1-20-18-22(10-11-24(20)34-28-30-14-7-15-31-28)32-27-19-26(23-8-5-6-9-25(23)33-27)36-16-12-21(13-17-36)35-29(2,3)4/h5-11,14-15,18-19,21,35H,12-13,16-17H2,1-4H3,(H,32,33)(H,30,31,34). The lowest BCUT2D eigenvalue weighted by molar-refractivity contribution is 0.317. The molecular formula is C29H35N7. The third-order valence-electron chi connectivity index (χ3n) is 6.48. The van der Waals surface area contributed by atoms with Gasteiger partial charge in [0.15, 0.2) is 0 Å². The van der Waals surface area contributed by atoms with E-state index in [1.54, 1.807) is 18.5 Å². The Morgan fingerprint density at radius 1 is 0.889 bits per heavy atom. The number of nitrogens with one attached hydrogen (secondary N) is 3. The molecule has 0 radical (unpaired) electrons. The van der Waals surface area contributed by atoms with Gasteiger partial charge in [-0.05, 0) is 76.4 Å². The summed E-state index contributed by atoms with van der Waals surface area (Å²) >= 11 is 0. The first-order chi connectivity index (χ1) is 17.3. The summed E-state index contributed by atoms with van der Waals surface area (Å²) in [5, 5.41) is 11.8. The summed E-state index contributed by atoms with van der Waals surface area (Å²) in [6.07, 6.45) is 5.73. The number of para-hydroxylation sites is 1. The van der Waals surface area contributed by atoms with Crippen LogP contribution in [0.25, 0.3) is 10.9 Å². The van der Waals surface area contributed by atoms with Crippen LogP contribution in [0.5, 0.6) is 0 Å². The van der Waals surface area contributed by atoms with E-state index >= 15 is 0 Å². The zero-order chi connectivity index (χ0) is 25.1. The molecule has 0 saturated carbocycles. The molecule has 3 N–H and O–H groups in total. The Bertz CT molecular complexity index is 1320. The molecular weight excluding hydrogens is 446 g/mol. The lowest BCUT2D eigenvalue weighted by atomic mass is 9.99. The zero-order valence-electron chi connectivity index (χ0n) is 21.5. The van der Waals surface area contributed by atoms with Gasteiger partial charge in [0.2, 0.25) is 5.95 Å². The second-order valence-electron chi connectivity index (χ2n) is 10.6. The van der Waals surface area contributed by atoms with Crippen molar-refractivity contribution in [2.75, 3.05) is 28.6 Å². The molecule has 0 amide bonds. The monoisotopic (exact) mass is 481 g/mol. The number of piperidine rings is 1. The number of aryl methyl sites for hydroxylation is 1. The fourth-order valence-corrected chi connectivity index (χ4v) is 4.87. The molecule has 0 spiro atoms. The van der Waals surface area contributed by atoms with Crippen molar-refractivity contribution in [3.8, 4) is 0 Å². The first kappa shape index (κ1) is 24.0. The van der Waals surface area contributed by atoms with Crippen molar-refractivity contribution >= 4 is 39.7 Å². The summed E-state index contributed by atoms with van der Waals surface area (Å²) in [7, 11) is 0. The zero-order valence-corrected chi connectivity index (χ0v) is 21.5. The molecule has 36 heavy (non-hydrogen) atoms. The highest BCUT2D eigenvalue weighted by Crippen LogP contribution is 2.32. The Morgan fingerprint density at radius 2 is 1.64 bits per heavy atom. The van der Waals surface area contributed by atoms with Gasteiger partial charge in [-0.1, -0.05) is 18.2 Å². The Balaban J connectivity index is 1.36. The molecule has 5 rings (SSSR count). The van der Waals surface area contributed by atoms with Gasteiger partial charge < -0.3 is 20.9 Å². The van der Waals surface area contributed by atoms with E-state index in [0.717, 1.165) is 54.2 Å². The van der Waals surface area contributed by atoms with Crippen molar-refractivity contribution in [3.05, 3.63) is 72.6 Å². The van der Waals surface area contributed by atoms with E-state index in [1.165, 1.54) is 11.1 Å². The Hall–Kier alpha value is -3.71. The largest absolute Gasteiger partial charge is 0.371 e. The van der Waals surface area contributed by atoms with Gasteiger partial charge in [-0.15, -0.1) is 0 Å². The lowest BCUT2D eigenvalue weighted by Crippen LogP contribution is -2.49. The number of benzene rings is 2. The van der Waals surface area contributed by atoms with Crippen LogP contribution in [0.4, 0.5) is 28.8 Å². The summed E-state index contributed by atoms with van der Waals surface area (Å²) in [6, 6.07) is 19.2. The summed E-state index contributed by atoms with van der Waals surface area (Å²) < 4.78 is 0. The van der Waals surface area contributed by atoms with Gasteiger partial charge in [-0.25, -0.2) is 15.0 Å². The minimum atomic E-state index is 0.143. The van der Waals surface area contributed by atoms with Gasteiger partial charge in [-0.3, -0.25) is 0 Å². The molecule has 4 aromatic rings. The number of nitrogens with zero attached hydrogens (tertiary/aromatic N) is 4. The van der Waals surface area contributed by atoms with Gasteiger partial charge in [-0.2, -0.15) is 0 Å². The number of anilines is 5. The van der Waals surface area contributed by atoms with Crippen LogP contribution in [0.2, 0.25) is 0 Å². The Labute approximate surface area is 213 Å². The smallest absolute Gasteiger partial charge is 0.227 e. The maximum Gasteiger partial charge on any atom is 0.227 e. The van der Waals surface area contributed by atoms with E-state index in [1.807, 2.05) is 6.07 Å². The minimum absolute atomic E-state index is 0.143. The number of hydrogen-bond acceptors (Lipinski definition) is 7. The third kappa shape index (κ3) is 5.74. The van der Waals surface area contributed by atoms with Crippen LogP contribution in [0, 0.1) is 6.92 Å². The number of fused-ring (bicyclic) bond motifs is 1. The first-order valence-electron chi connectivity index (χ1n) is 12.7. The van der Waals surface area contributed by atoms with Gasteiger partial charge in [0.1, 0.15) is 5.82 Å². The van der Waals surface area contributed by atoms with E-state index in [4.69, 9.17) is 4.98 Å². The molecule has 0 aliphatic carbocycles. The van der Waals surface area contributed by atoms with E-state index in [9.17, 15) is 0 Å². The van der Waals surface area contributed by atoms with E-state index in [2.05, 4.69) is 101 Å². The molecule has 2 aromatic carbocycles. The number of rotatable bonds is 6. The van der Waals surface area contributed by atoms with E-state index in [0.29, 0.717) is 12.0 Å². The number of pyridine rings is 1. The fraction of sp³-hybridized carbons (Fsp3) is 0.345. The van der Waals surface area contributed by atoms with Crippen LogP contribution in [0.3, 0.4) is 0 Å². The molecule has 2 aromatic heterocycles. The topological polar surface area (TPSA) is 78.0 Å². The molecule has 0 atom stereocenters. The molecule has 1 aliphatic heterocycles. The van der Waals surface area contributed by atoms with Crippen LogP contribution >= 0.6 is 0 Å². The average molecular weight is 482 g/mol. The number of hydrogen-bond donors (Lipinski definition) is 3. The van der Waals surface area contributed by atoms with Gasteiger partial charge in [0, 0.05) is 65.6 Å². The number of aromatic nitrogens is 3. The van der Waals surface area contributed by atoms with Crippen molar-refractivity contribution in [1.29, 1.82) is 0 Å². The molecule has 0 bridgehead atoms. The summed E-state index contributed by atoms with van der Waals surface area (Å²) in [4.78, 5) is 15.9. The van der Waals surface area contributed by atoms with Crippen LogP contribution in [0.15, 0.2) is 67.0 Å². The van der Waals surface area contributed by atoms with Crippen molar-refractivity contribution in [1.82, 2.24) is 20.3 Å². The maximum absolute atomic E-state index is 4.92. The molecule has 7 heteroatoms. The molecule has 1 fully saturated rings. The highest BCUT2D eigenvalue weighted by molar-refractivity contribution is 5.94. The van der Waals surface area contributed by atoms with Crippen LogP contribution in [-0.2, 0) is 0 Å². The van der Waals surface area contributed by atoms with Gasteiger partial charge >= 0.3 is 0 Å². The molecule has 7 nitrogen and oxygen atoms in total. The quantitative estimate of drug-likeness (QED) is 0.304.